The van der Waals surface area contributed by atoms with E-state index in [1.807, 2.05) is 20.2 Å². The van der Waals surface area contributed by atoms with E-state index >= 15 is 0 Å². The van der Waals surface area contributed by atoms with Gasteiger partial charge in [0.05, 0.1) is 5.88 Å². The van der Waals surface area contributed by atoms with Gasteiger partial charge in [-0.3, -0.25) is 0 Å². The largest absolute Gasteiger partial charge is 0.475 e. The SMILES string of the molecule is CN(C)C(C)(C)COc1ncc(Br)cc1CCl. The van der Waals surface area contributed by atoms with Gasteiger partial charge < -0.3 is 9.64 Å². The van der Waals surface area contributed by atoms with Gasteiger partial charge in [-0.15, -0.1) is 11.6 Å². The minimum absolute atomic E-state index is 0.0433. The Morgan fingerprint density at radius 3 is 2.65 bits per heavy atom. The molecule has 0 atom stereocenters. The maximum absolute atomic E-state index is 5.87. The predicted molar refractivity (Wildman–Crippen MR) is 74.8 cm³/mol. The number of nitrogens with zero attached hydrogens (tertiary/aromatic N) is 2. The van der Waals surface area contributed by atoms with Crippen molar-refractivity contribution in [2.45, 2.75) is 25.3 Å². The molecule has 0 aliphatic heterocycles. The Hall–Kier alpha value is -0.320. The molecule has 0 fully saturated rings. The molecule has 5 heteroatoms. The van der Waals surface area contributed by atoms with Crippen LogP contribution in [0.15, 0.2) is 16.7 Å². The van der Waals surface area contributed by atoms with Crippen LogP contribution in [0.4, 0.5) is 0 Å². The Bertz CT molecular complexity index is 383. The van der Waals surface area contributed by atoms with E-state index in [9.17, 15) is 0 Å². The molecule has 1 heterocycles. The monoisotopic (exact) mass is 320 g/mol. The molecule has 96 valence electrons. The second kappa shape index (κ2) is 6.03. The van der Waals surface area contributed by atoms with Crippen LogP contribution in [0.1, 0.15) is 19.4 Å². The van der Waals surface area contributed by atoms with Gasteiger partial charge >= 0.3 is 0 Å². The maximum atomic E-state index is 5.87. The number of rotatable bonds is 5. The van der Waals surface area contributed by atoms with E-state index in [1.54, 1.807) is 6.20 Å². The molecule has 0 amide bonds. The number of halogens is 2. The zero-order chi connectivity index (χ0) is 13.1. The fraction of sp³-hybridized carbons (Fsp3) is 0.583. The maximum Gasteiger partial charge on any atom is 0.217 e. The molecule has 0 saturated heterocycles. The van der Waals surface area contributed by atoms with E-state index in [1.165, 1.54) is 0 Å². The molecule has 0 spiro atoms. The average Bonchev–Trinajstić information content (AvgIpc) is 2.27. The highest BCUT2D eigenvalue weighted by molar-refractivity contribution is 9.10. The number of alkyl halides is 1. The highest BCUT2D eigenvalue weighted by atomic mass is 79.9. The first-order valence-corrected chi connectivity index (χ1v) is 6.70. The van der Waals surface area contributed by atoms with Crippen molar-refractivity contribution in [1.29, 1.82) is 0 Å². The number of likely N-dealkylation sites (N-methyl/N-ethyl adjacent to an activating group) is 1. The molecule has 0 aliphatic carbocycles. The first-order valence-electron chi connectivity index (χ1n) is 5.37. The summed E-state index contributed by atoms with van der Waals surface area (Å²) in [6.07, 6.45) is 1.72. The van der Waals surface area contributed by atoms with Gasteiger partial charge in [0.25, 0.3) is 0 Å². The third-order valence-corrected chi connectivity index (χ3v) is 3.53. The Balaban J connectivity index is 2.76. The predicted octanol–water partition coefficient (Wildman–Crippen LogP) is 3.30. The number of hydrogen-bond donors (Lipinski definition) is 0. The molecule has 1 aromatic rings. The lowest BCUT2D eigenvalue weighted by Crippen LogP contribution is -2.43. The van der Waals surface area contributed by atoms with Crippen molar-refractivity contribution >= 4 is 27.5 Å². The van der Waals surface area contributed by atoms with Gasteiger partial charge in [0.15, 0.2) is 0 Å². The van der Waals surface area contributed by atoms with Gasteiger partial charge in [-0.2, -0.15) is 0 Å². The summed E-state index contributed by atoms with van der Waals surface area (Å²) in [6, 6.07) is 1.93. The van der Waals surface area contributed by atoms with E-state index in [4.69, 9.17) is 16.3 Å². The lowest BCUT2D eigenvalue weighted by molar-refractivity contribution is 0.110. The second-order valence-corrected chi connectivity index (χ2v) is 5.93. The second-order valence-electron chi connectivity index (χ2n) is 4.75. The van der Waals surface area contributed by atoms with Crippen LogP contribution >= 0.6 is 27.5 Å². The number of aromatic nitrogens is 1. The third kappa shape index (κ3) is 4.12. The first kappa shape index (κ1) is 14.7. The smallest absolute Gasteiger partial charge is 0.217 e. The van der Waals surface area contributed by atoms with Crippen LogP contribution in [0.3, 0.4) is 0 Å². The highest BCUT2D eigenvalue weighted by Crippen LogP contribution is 2.23. The van der Waals surface area contributed by atoms with Gasteiger partial charge in [-0.25, -0.2) is 4.98 Å². The number of pyridine rings is 1. The van der Waals surface area contributed by atoms with Crippen molar-refractivity contribution in [2.75, 3.05) is 20.7 Å². The molecular weight excluding hydrogens is 304 g/mol. The molecule has 0 aromatic carbocycles. The topological polar surface area (TPSA) is 25.4 Å². The average molecular weight is 322 g/mol. The van der Waals surface area contributed by atoms with E-state index < -0.39 is 0 Å². The normalized spacial score (nSPS) is 11.9. The van der Waals surface area contributed by atoms with Crippen LogP contribution in [-0.4, -0.2) is 36.1 Å². The summed E-state index contributed by atoms with van der Waals surface area (Å²) in [7, 11) is 4.06. The lowest BCUT2D eigenvalue weighted by Gasteiger charge is -2.32. The molecule has 0 unspecified atom stereocenters. The van der Waals surface area contributed by atoms with Crippen LogP contribution in [0.5, 0.6) is 5.88 Å². The van der Waals surface area contributed by atoms with Crippen LogP contribution in [0.25, 0.3) is 0 Å². The molecule has 1 rings (SSSR count). The van der Waals surface area contributed by atoms with Crippen LogP contribution in [0.2, 0.25) is 0 Å². The third-order valence-electron chi connectivity index (χ3n) is 2.81. The summed E-state index contributed by atoms with van der Waals surface area (Å²) in [5, 5.41) is 0. The van der Waals surface area contributed by atoms with E-state index in [0.717, 1.165) is 10.0 Å². The molecule has 0 aliphatic rings. The molecule has 17 heavy (non-hydrogen) atoms. The first-order chi connectivity index (χ1) is 7.86. The van der Waals surface area contributed by atoms with Gasteiger partial charge in [0.1, 0.15) is 6.61 Å². The van der Waals surface area contributed by atoms with E-state index in [0.29, 0.717) is 18.4 Å². The summed E-state index contributed by atoms with van der Waals surface area (Å²) in [5.74, 6) is 1.00. The van der Waals surface area contributed by atoms with Crippen LogP contribution < -0.4 is 4.74 Å². The Kier molecular flexibility index (Phi) is 5.22. The van der Waals surface area contributed by atoms with Crippen molar-refractivity contribution in [2.24, 2.45) is 0 Å². The Morgan fingerprint density at radius 2 is 2.12 bits per heavy atom. The fourth-order valence-electron chi connectivity index (χ4n) is 1.07. The molecule has 0 radical (unpaired) electrons. The zero-order valence-corrected chi connectivity index (χ0v) is 13.0. The van der Waals surface area contributed by atoms with Gasteiger partial charge in [0, 0.05) is 21.8 Å². The van der Waals surface area contributed by atoms with Crippen LogP contribution in [0, 0.1) is 0 Å². The standard InChI is InChI=1S/C12H18BrClN2O/c1-12(2,16(3)4)8-17-11-9(6-14)5-10(13)7-15-11/h5,7H,6,8H2,1-4H3. The summed E-state index contributed by atoms with van der Waals surface area (Å²) in [5.41, 5.74) is 0.855. The van der Waals surface area contributed by atoms with Gasteiger partial charge in [-0.05, 0) is 49.9 Å². The van der Waals surface area contributed by atoms with Crippen molar-refractivity contribution < 1.29 is 4.74 Å². The zero-order valence-electron chi connectivity index (χ0n) is 10.6. The summed E-state index contributed by atoms with van der Waals surface area (Å²) in [6.45, 7) is 4.80. The minimum atomic E-state index is -0.0433. The highest BCUT2D eigenvalue weighted by Gasteiger charge is 2.22. The molecule has 0 bridgehead atoms. The summed E-state index contributed by atoms with van der Waals surface area (Å²) >= 11 is 9.23. The number of ether oxygens (including phenoxy) is 1. The van der Waals surface area contributed by atoms with Gasteiger partial charge in [0.2, 0.25) is 5.88 Å². The molecule has 0 N–H and O–H groups in total. The molecule has 1 aromatic heterocycles. The molecular formula is C12H18BrClN2O. The molecule has 3 nitrogen and oxygen atoms in total. The number of hydrogen-bond acceptors (Lipinski definition) is 3. The minimum Gasteiger partial charge on any atom is -0.475 e. The summed E-state index contributed by atoms with van der Waals surface area (Å²) in [4.78, 5) is 6.36. The van der Waals surface area contributed by atoms with Crippen molar-refractivity contribution in [3.63, 3.8) is 0 Å². The lowest BCUT2D eigenvalue weighted by atomic mass is 10.1. The summed E-state index contributed by atoms with van der Waals surface area (Å²) < 4.78 is 6.66. The van der Waals surface area contributed by atoms with Crippen molar-refractivity contribution in [3.8, 4) is 5.88 Å². The van der Waals surface area contributed by atoms with Crippen molar-refractivity contribution in [1.82, 2.24) is 9.88 Å². The van der Waals surface area contributed by atoms with Crippen LogP contribution in [-0.2, 0) is 5.88 Å². The Labute approximate surface area is 116 Å². The van der Waals surface area contributed by atoms with E-state index in [-0.39, 0.29) is 5.54 Å². The van der Waals surface area contributed by atoms with Crippen molar-refractivity contribution in [3.05, 3.63) is 22.3 Å². The molecule has 0 saturated carbocycles. The fourth-order valence-corrected chi connectivity index (χ4v) is 1.64. The Morgan fingerprint density at radius 1 is 1.47 bits per heavy atom. The van der Waals surface area contributed by atoms with Gasteiger partial charge in [-0.1, -0.05) is 0 Å². The quantitative estimate of drug-likeness (QED) is 0.778. The van der Waals surface area contributed by atoms with E-state index in [2.05, 4.69) is 39.7 Å².